The van der Waals surface area contributed by atoms with E-state index >= 15 is 0 Å². The number of anilines is 2. The molecule has 2 aromatic carbocycles. The van der Waals surface area contributed by atoms with Crippen LogP contribution in [0.5, 0.6) is 5.75 Å². The van der Waals surface area contributed by atoms with Gasteiger partial charge >= 0.3 is 12.0 Å². The van der Waals surface area contributed by atoms with E-state index in [9.17, 15) is 24.0 Å². The number of amides is 5. The third kappa shape index (κ3) is 11.2. The zero-order chi connectivity index (χ0) is 30.6. The van der Waals surface area contributed by atoms with E-state index in [4.69, 9.17) is 9.84 Å². The molecule has 0 saturated carbocycles. The first kappa shape index (κ1) is 35.6. The van der Waals surface area contributed by atoms with Gasteiger partial charge in [0.05, 0.1) is 32.2 Å². The number of urea groups is 1. The van der Waals surface area contributed by atoms with Gasteiger partial charge in [-0.25, -0.2) is 4.79 Å². The zero-order valence-corrected chi connectivity index (χ0v) is 27.4. The number of aliphatic carboxylic acids is 1. The number of carboxylic acids is 1. The fourth-order valence-corrected chi connectivity index (χ4v) is 4.62. The van der Waals surface area contributed by atoms with Gasteiger partial charge in [0.25, 0.3) is 0 Å². The van der Waals surface area contributed by atoms with Crippen molar-refractivity contribution >= 4 is 70.7 Å². The van der Waals surface area contributed by atoms with E-state index in [1.54, 1.807) is 29.2 Å². The second-order valence-corrected chi connectivity index (χ2v) is 10.2. The molecule has 1 aliphatic heterocycles. The summed E-state index contributed by atoms with van der Waals surface area (Å²) in [6.45, 7) is 3.19. The summed E-state index contributed by atoms with van der Waals surface area (Å²) in [5, 5.41) is 14.6. The third-order valence-corrected chi connectivity index (χ3v) is 7.04. The second kappa shape index (κ2) is 17.5. The molecule has 0 atom stereocenters. The molecule has 3 rings (SSSR count). The standard InChI is InChI=1S/C30H39N5O7.Na/c1-21-8-4-5-9-23(21)31-30(41)32-24-12-11-22(18-25(24)42-3)19-27(37)33(2)20-28(38)35(17-13-29(39)40)16-7-15-34-14-6-10-26(34)36;/h4-5,8-9,11-12,18H,6-7,10,13-17,19-20H2,1-3H3,(H,39,40)(H2,31,32,41);. The quantitative estimate of drug-likeness (QED) is 0.281. The normalized spacial score (nSPS) is 12.3. The van der Waals surface area contributed by atoms with Gasteiger partial charge in [0.15, 0.2) is 0 Å². The first-order valence-electron chi connectivity index (χ1n) is 13.9. The van der Waals surface area contributed by atoms with Crippen molar-refractivity contribution in [3.8, 4) is 5.75 Å². The van der Waals surface area contributed by atoms with Crippen molar-refractivity contribution in [2.24, 2.45) is 0 Å². The summed E-state index contributed by atoms with van der Waals surface area (Å²) in [5.41, 5.74) is 2.64. The van der Waals surface area contributed by atoms with Crippen LogP contribution in [0.4, 0.5) is 16.2 Å². The number of ether oxygens (including phenoxy) is 1. The van der Waals surface area contributed by atoms with E-state index in [2.05, 4.69) is 10.6 Å². The summed E-state index contributed by atoms with van der Waals surface area (Å²) in [4.78, 5) is 65.9. The number of aryl methyl sites for hydroxylation is 1. The predicted molar refractivity (Wildman–Crippen MR) is 163 cm³/mol. The summed E-state index contributed by atoms with van der Waals surface area (Å²) in [6.07, 6.45) is 1.65. The molecular weight excluding hydrogens is 565 g/mol. The van der Waals surface area contributed by atoms with Gasteiger partial charge in [-0.2, -0.15) is 0 Å². The average molecular weight is 605 g/mol. The maximum Gasteiger partial charge on any atom is 0.323 e. The first-order chi connectivity index (χ1) is 20.1. The van der Waals surface area contributed by atoms with Gasteiger partial charge in [-0.15, -0.1) is 0 Å². The Bertz CT molecular complexity index is 1310. The molecular formula is C30H39N5NaO7. The van der Waals surface area contributed by atoms with Crippen molar-refractivity contribution in [3.63, 3.8) is 0 Å². The van der Waals surface area contributed by atoms with Crippen LogP contribution < -0.4 is 15.4 Å². The van der Waals surface area contributed by atoms with Crippen molar-refractivity contribution < 1.29 is 33.8 Å². The maximum atomic E-state index is 13.0. The number of likely N-dealkylation sites (tertiary alicyclic amines) is 1. The minimum Gasteiger partial charge on any atom is -0.495 e. The molecule has 0 aromatic heterocycles. The Kier molecular flexibility index (Phi) is 14.5. The predicted octanol–water partition coefficient (Wildman–Crippen LogP) is 2.58. The van der Waals surface area contributed by atoms with Crippen LogP contribution in [-0.2, 0) is 25.6 Å². The number of carboxylic acid groups (broad SMARTS) is 1. The molecule has 43 heavy (non-hydrogen) atoms. The monoisotopic (exact) mass is 604 g/mol. The largest absolute Gasteiger partial charge is 0.495 e. The van der Waals surface area contributed by atoms with Crippen molar-refractivity contribution in [3.05, 3.63) is 53.6 Å². The van der Waals surface area contributed by atoms with Crippen molar-refractivity contribution in [1.82, 2.24) is 14.7 Å². The molecule has 12 nitrogen and oxygen atoms in total. The Balaban J connectivity index is 0.00000645. The molecule has 227 valence electrons. The molecule has 1 heterocycles. The van der Waals surface area contributed by atoms with Gasteiger partial charge in [-0.05, 0) is 49.1 Å². The number of methoxy groups -OCH3 is 1. The van der Waals surface area contributed by atoms with Gasteiger partial charge < -0.3 is 35.2 Å². The average Bonchev–Trinajstić information content (AvgIpc) is 3.36. The number of hydrogen-bond acceptors (Lipinski definition) is 6. The van der Waals surface area contributed by atoms with Crippen LogP contribution in [0.15, 0.2) is 42.5 Å². The topological polar surface area (TPSA) is 149 Å². The summed E-state index contributed by atoms with van der Waals surface area (Å²) in [6, 6.07) is 11.9. The molecule has 0 spiro atoms. The molecule has 0 unspecified atom stereocenters. The molecule has 1 fully saturated rings. The molecule has 0 aliphatic carbocycles. The number of rotatable bonds is 14. The van der Waals surface area contributed by atoms with Gasteiger partial charge in [0.1, 0.15) is 5.75 Å². The van der Waals surface area contributed by atoms with E-state index in [-0.39, 0.29) is 73.2 Å². The summed E-state index contributed by atoms with van der Waals surface area (Å²) in [7, 11) is 2.98. The van der Waals surface area contributed by atoms with Crippen molar-refractivity contribution in [2.75, 3.05) is 57.5 Å². The van der Waals surface area contributed by atoms with E-state index in [1.165, 1.54) is 24.0 Å². The maximum absolute atomic E-state index is 13.0. The molecule has 5 amide bonds. The van der Waals surface area contributed by atoms with Crippen LogP contribution in [0.3, 0.4) is 0 Å². The number of nitrogens with zero attached hydrogens (tertiary/aromatic N) is 3. The van der Waals surface area contributed by atoms with Crippen molar-refractivity contribution in [1.29, 1.82) is 0 Å². The summed E-state index contributed by atoms with van der Waals surface area (Å²) < 4.78 is 5.43. The molecule has 1 aliphatic rings. The van der Waals surface area contributed by atoms with Gasteiger partial charge in [-0.3, -0.25) is 19.2 Å². The smallest absolute Gasteiger partial charge is 0.323 e. The Morgan fingerprint density at radius 2 is 1.74 bits per heavy atom. The van der Waals surface area contributed by atoms with E-state index < -0.39 is 12.0 Å². The second-order valence-electron chi connectivity index (χ2n) is 10.2. The Labute approximate surface area is 274 Å². The van der Waals surface area contributed by atoms with E-state index in [0.717, 1.165) is 12.0 Å². The van der Waals surface area contributed by atoms with E-state index in [1.807, 2.05) is 25.1 Å². The summed E-state index contributed by atoms with van der Waals surface area (Å²) in [5.74, 6) is -1.24. The number of nitrogens with one attached hydrogen (secondary N) is 2. The SMILES string of the molecule is COc1cc(CC(=O)N(C)CC(=O)N(CCCN2CCCC2=O)CCC(=O)O)ccc1NC(=O)Nc1ccccc1C.[Na]. The van der Waals surface area contributed by atoms with Gasteiger partial charge in [0, 0.05) is 74.9 Å². The van der Waals surface area contributed by atoms with E-state index in [0.29, 0.717) is 55.2 Å². The van der Waals surface area contributed by atoms with Gasteiger partial charge in [0.2, 0.25) is 17.7 Å². The van der Waals surface area contributed by atoms with Crippen LogP contribution in [0.25, 0.3) is 0 Å². The van der Waals surface area contributed by atoms with Crippen LogP contribution >= 0.6 is 0 Å². The minimum absolute atomic E-state index is 0. The van der Waals surface area contributed by atoms with Crippen molar-refractivity contribution in [2.45, 2.75) is 39.0 Å². The Morgan fingerprint density at radius 3 is 2.40 bits per heavy atom. The number of benzene rings is 2. The van der Waals surface area contributed by atoms with Crippen LogP contribution in [0.2, 0.25) is 0 Å². The minimum atomic E-state index is -1.02. The fraction of sp³-hybridized carbons (Fsp3) is 0.433. The summed E-state index contributed by atoms with van der Waals surface area (Å²) >= 11 is 0. The van der Waals surface area contributed by atoms with Crippen LogP contribution in [-0.4, -0.2) is 126 Å². The molecule has 0 bridgehead atoms. The van der Waals surface area contributed by atoms with Crippen LogP contribution in [0.1, 0.15) is 36.8 Å². The first-order valence-corrected chi connectivity index (χ1v) is 13.9. The number of likely N-dealkylation sites (N-methyl/N-ethyl adjacent to an activating group) is 1. The van der Waals surface area contributed by atoms with Crippen LogP contribution in [0, 0.1) is 6.92 Å². The molecule has 13 heteroatoms. The molecule has 1 radical (unpaired) electrons. The molecule has 3 N–H and O–H groups in total. The third-order valence-electron chi connectivity index (χ3n) is 7.04. The Hall–Kier alpha value is -3.61. The zero-order valence-electron chi connectivity index (χ0n) is 25.4. The number of hydrogen-bond donors (Lipinski definition) is 3. The fourth-order valence-electron chi connectivity index (χ4n) is 4.62. The number of carbonyl (C=O) groups excluding carboxylic acids is 4. The number of para-hydroxylation sites is 1. The molecule has 2 aromatic rings. The Morgan fingerprint density at radius 1 is 1.02 bits per heavy atom. The van der Waals surface area contributed by atoms with Gasteiger partial charge in [-0.1, -0.05) is 24.3 Å². The number of carbonyl (C=O) groups is 5. The molecule has 1 saturated heterocycles.